The van der Waals surface area contributed by atoms with E-state index in [9.17, 15) is 9.59 Å². The van der Waals surface area contributed by atoms with Crippen molar-refractivity contribution in [3.8, 4) is 0 Å². The molecule has 5 nitrogen and oxygen atoms in total. The minimum atomic E-state index is -0.416. The van der Waals surface area contributed by atoms with Crippen LogP contribution in [0.4, 0.5) is 11.4 Å². The van der Waals surface area contributed by atoms with Gasteiger partial charge in [0.2, 0.25) is 5.91 Å². The van der Waals surface area contributed by atoms with E-state index in [1.807, 2.05) is 13.0 Å². The van der Waals surface area contributed by atoms with Gasteiger partial charge in [-0.3, -0.25) is 4.79 Å². The summed E-state index contributed by atoms with van der Waals surface area (Å²) in [6.45, 7) is 5.08. The number of rotatable bonds is 4. The highest BCUT2D eigenvalue weighted by Crippen LogP contribution is 2.20. The zero-order chi connectivity index (χ0) is 13.7. The van der Waals surface area contributed by atoms with Crippen LogP contribution >= 0.6 is 0 Å². The molecule has 18 heavy (non-hydrogen) atoms. The van der Waals surface area contributed by atoms with Crippen molar-refractivity contribution in [2.75, 3.05) is 17.7 Å². The van der Waals surface area contributed by atoms with Gasteiger partial charge in [-0.15, -0.1) is 0 Å². The molecule has 0 radical (unpaired) electrons. The molecule has 0 aliphatic heterocycles. The maximum Gasteiger partial charge on any atom is 0.327 e. The molecular weight excluding hydrogens is 232 g/mol. The first kappa shape index (κ1) is 14.0. The lowest BCUT2D eigenvalue weighted by Gasteiger charge is -2.14. The topological polar surface area (TPSA) is 67.4 Å². The Morgan fingerprint density at radius 3 is 2.50 bits per heavy atom. The van der Waals surface area contributed by atoms with Crippen LogP contribution in [0.15, 0.2) is 18.2 Å². The van der Waals surface area contributed by atoms with Crippen LogP contribution in [0, 0.1) is 6.92 Å². The van der Waals surface area contributed by atoms with Crippen molar-refractivity contribution >= 4 is 23.3 Å². The van der Waals surface area contributed by atoms with Gasteiger partial charge in [-0.25, -0.2) is 4.79 Å². The van der Waals surface area contributed by atoms with Crippen molar-refractivity contribution in [1.29, 1.82) is 0 Å². The molecule has 0 saturated carbocycles. The van der Waals surface area contributed by atoms with Gasteiger partial charge >= 0.3 is 5.97 Å². The number of carbonyl (C=O) groups is 2. The molecule has 2 N–H and O–H groups in total. The quantitative estimate of drug-likeness (QED) is 0.801. The van der Waals surface area contributed by atoms with Gasteiger partial charge in [0.1, 0.15) is 6.04 Å². The molecule has 0 saturated heterocycles. The Bertz CT molecular complexity index is 458. The monoisotopic (exact) mass is 250 g/mol. The molecule has 5 heteroatoms. The first-order valence-corrected chi connectivity index (χ1v) is 5.66. The molecule has 0 heterocycles. The Kier molecular flexibility index (Phi) is 4.71. The lowest BCUT2D eigenvalue weighted by molar-refractivity contribution is -0.141. The van der Waals surface area contributed by atoms with Crippen LogP contribution in [0.25, 0.3) is 0 Å². The van der Waals surface area contributed by atoms with E-state index in [1.54, 1.807) is 19.1 Å². The molecule has 1 amide bonds. The average Bonchev–Trinajstić information content (AvgIpc) is 2.31. The van der Waals surface area contributed by atoms with Crippen molar-refractivity contribution in [3.05, 3.63) is 23.8 Å². The number of methoxy groups -OCH3 is 1. The first-order valence-electron chi connectivity index (χ1n) is 5.66. The largest absolute Gasteiger partial charge is 0.467 e. The molecule has 0 aromatic heterocycles. The summed E-state index contributed by atoms with van der Waals surface area (Å²) in [5.41, 5.74) is 2.49. The summed E-state index contributed by atoms with van der Waals surface area (Å²) < 4.78 is 4.63. The van der Waals surface area contributed by atoms with Gasteiger partial charge in [0.05, 0.1) is 7.11 Å². The molecule has 1 atom stereocenters. The molecule has 0 bridgehead atoms. The summed E-state index contributed by atoms with van der Waals surface area (Å²) in [6.07, 6.45) is 0. The zero-order valence-corrected chi connectivity index (χ0v) is 11.0. The molecule has 1 rings (SSSR count). The predicted octanol–water partition coefficient (Wildman–Crippen LogP) is 1.93. The molecule has 0 spiro atoms. The molecular formula is C13H18N2O3. The van der Waals surface area contributed by atoms with Crippen LogP contribution in [0.1, 0.15) is 19.4 Å². The SMILES string of the molecule is COC(=O)C(C)Nc1ccc(NC(C)=O)c(C)c1. The third-order valence-corrected chi connectivity index (χ3v) is 2.48. The Morgan fingerprint density at radius 2 is 2.00 bits per heavy atom. The lowest BCUT2D eigenvalue weighted by Crippen LogP contribution is -2.27. The summed E-state index contributed by atoms with van der Waals surface area (Å²) in [6, 6.07) is 5.05. The van der Waals surface area contributed by atoms with Crippen molar-refractivity contribution in [2.45, 2.75) is 26.8 Å². The van der Waals surface area contributed by atoms with Crippen molar-refractivity contribution in [2.24, 2.45) is 0 Å². The van der Waals surface area contributed by atoms with Crippen molar-refractivity contribution in [3.63, 3.8) is 0 Å². The van der Waals surface area contributed by atoms with Gasteiger partial charge in [-0.1, -0.05) is 0 Å². The van der Waals surface area contributed by atoms with E-state index >= 15 is 0 Å². The number of amides is 1. The van der Waals surface area contributed by atoms with E-state index in [0.717, 1.165) is 16.9 Å². The van der Waals surface area contributed by atoms with Crippen molar-refractivity contribution in [1.82, 2.24) is 0 Å². The molecule has 1 aromatic carbocycles. The predicted molar refractivity (Wildman–Crippen MR) is 70.6 cm³/mol. The number of nitrogens with one attached hydrogen (secondary N) is 2. The molecule has 1 aromatic rings. The van der Waals surface area contributed by atoms with Gasteiger partial charge < -0.3 is 15.4 Å². The van der Waals surface area contributed by atoms with E-state index in [-0.39, 0.29) is 11.9 Å². The Balaban J connectivity index is 2.78. The summed E-state index contributed by atoms with van der Waals surface area (Å²) in [4.78, 5) is 22.2. The number of hydrogen-bond donors (Lipinski definition) is 2. The van der Waals surface area contributed by atoms with E-state index < -0.39 is 6.04 Å². The standard InChI is InChI=1S/C13H18N2O3/c1-8-7-11(14-9(2)13(17)18-4)5-6-12(8)15-10(3)16/h5-7,9,14H,1-4H3,(H,15,16). The number of aryl methyl sites for hydroxylation is 1. The van der Waals surface area contributed by atoms with Crippen LogP contribution in [0.5, 0.6) is 0 Å². The minimum absolute atomic E-state index is 0.110. The smallest absolute Gasteiger partial charge is 0.327 e. The summed E-state index contributed by atoms with van der Waals surface area (Å²) >= 11 is 0. The van der Waals surface area contributed by atoms with Crippen molar-refractivity contribution < 1.29 is 14.3 Å². The van der Waals surface area contributed by atoms with Gasteiger partial charge in [0, 0.05) is 18.3 Å². The second-order valence-corrected chi connectivity index (χ2v) is 4.10. The number of anilines is 2. The fourth-order valence-electron chi connectivity index (χ4n) is 1.57. The minimum Gasteiger partial charge on any atom is -0.467 e. The normalized spacial score (nSPS) is 11.6. The zero-order valence-electron chi connectivity index (χ0n) is 11.0. The van der Waals surface area contributed by atoms with E-state index in [2.05, 4.69) is 15.4 Å². The van der Waals surface area contributed by atoms with Crippen LogP contribution < -0.4 is 10.6 Å². The van der Waals surface area contributed by atoms with Crippen LogP contribution in [0.2, 0.25) is 0 Å². The third kappa shape index (κ3) is 3.76. The van der Waals surface area contributed by atoms with Crippen LogP contribution in [-0.2, 0) is 14.3 Å². The molecule has 0 aliphatic carbocycles. The van der Waals surface area contributed by atoms with Gasteiger partial charge in [-0.2, -0.15) is 0 Å². The Hall–Kier alpha value is -2.04. The second-order valence-electron chi connectivity index (χ2n) is 4.10. The van der Waals surface area contributed by atoms with Gasteiger partial charge in [0.25, 0.3) is 0 Å². The molecule has 0 aliphatic rings. The van der Waals surface area contributed by atoms with Gasteiger partial charge in [-0.05, 0) is 37.6 Å². The summed E-state index contributed by atoms with van der Waals surface area (Å²) in [7, 11) is 1.35. The maximum atomic E-state index is 11.3. The summed E-state index contributed by atoms with van der Waals surface area (Å²) in [5, 5.41) is 5.76. The number of carbonyl (C=O) groups excluding carboxylic acids is 2. The first-order chi connectivity index (χ1) is 8.43. The Morgan fingerprint density at radius 1 is 1.33 bits per heavy atom. The van der Waals surface area contributed by atoms with E-state index in [1.165, 1.54) is 14.0 Å². The highest BCUT2D eigenvalue weighted by molar-refractivity contribution is 5.90. The second kappa shape index (κ2) is 6.05. The average molecular weight is 250 g/mol. The number of ether oxygens (including phenoxy) is 1. The lowest BCUT2D eigenvalue weighted by atomic mass is 10.1. The van der Waals surface area contributed by atoms with Crippen LogP contribution in [-0.4, -0.2) is 25.0 Å². The third-order valence-electron chi connectivity index (χ3n) is 2.48. The van der Waals surface area contributed by atoms with Crippen LogP contribution in [0.3, 0.4) is 0 Å². The molecule has 0 fully saturated rings. The highest BCUT2D eigenvalue weighted by Gasteiger charge is 2.12. The van der Waals surface area contributed by atoms with E-state index in [4.69, 9.17) is 0 Å². The van der Waals surface area contributed by atoms with Gasteiger partial charge in [0.15, 0.2) is 0 Å². The summed E-state index contributed by atoms with van der Waals surface area (Å²) in [5.74, 6) is -0.430. The van der Waals surface area contributed by atoms with E-state index in [0.29, 0.717) is 0 Å². The fraction of sp³-hybridized carbons (Fsp3) is 0.385. The highest BCUT2D eigenvalue weighted by atomic mass is 16.5. The molecule has 1 unspecified atom stereocenters. The molecule has 98 valence electrons. The Labute approximate surface area is 107 Å². The number of esters is 1. The number of benzene rings is 1. The maximum absolute atomic E-state index is 11.3. The number of hydrogen-bond acceptors (Lipinski definition) is 4. The fourth-order valence-corrected chi connectivity index (χ4v) is 1.57.